The van der Waals surface area contributed by atoms with Crippen molar-refractivity contribution < 1.29 is 9.53 Å². The number of carbonyl (C=O) groups excluding carboxylic acids is 1. The molecule has 39 heavy (non-hydrogen) atoms. The molecule has 0 radical (unpaired) electrons. The minimum Gasteiger partial charge on any atom is -0.457 e. The van der Waals surface area contributed by atoms with Crippen LogP contribution >= 0.6 is 0 Å². The molecule has 0 aliphatic heterocycles. The minimum atomic E-state index is -0.372. The first kappa shape index (κ1) is 25.5. The largest absolute Gasteiger partial charge is 0.457 e. The number of carbonyl (C=O) groups is 1. The van der Waals surface area contributed by atoms with Gasteiger partial charge < -0.3 is 15.4 Å². The topological polar surface area (TPSA) is 108 Å². The van der Waals surface area contributed by atoms with E-state index in [1.54, 1.807) is 55.6 Å². The van der Waals surface area contributed by atoms with Gasteiger partial charge in [-0.15, -0.1) is 0 Å². The summed E-state index contributed by atoms with van der Waals surface area (Å²) in [5, 5.41) is 0. The number of aromatic nitrogens is 4. The van der Waals surface area contributed by atoms with Crippen LogP contribution in [0.25, 0.3) is 22.5 Å². The van der Waals surface area contributed by atoms with E-state index >= 15 is 0 Å². The number of benzene rings is 3. The quantitative estimate of drug-likeness (QED) is 0.280. The zero-order valence-corrected chi connectivity index (χ0v) is 21.7. The predicted octanol–water partition coefficient (Wildman–Crippen LogP) is 5.27. The zero-order valence-electron chi connectivity index (χ0n) is 21.7. The molecule has 0 aliphatic carbocycles. The first-order valence-corrected chi connectivity index (χ1v) is 12.6. The van der Waals surface area contributed by atoms with E-state index in [1.807, 2.05) is 42.5 Å². The van der Waals surface area contributed by atoms with Gasteiger partial charge in [-0.2, -0.15) is 0 Å². The number of nitrogens with zero attached hydrogens (tertiary/aromatic N) is 5. The van der Waals surface area contributed by atoms with Crippen molar-refractivity contribution in [3.05, 3.63) is 108 Å². The van der Waals surface area contributed by atoms with Gasteiger partial charge in [0.2, 0.25) is 5.91 Å². The lowest BCUT2D eigenvalue weighted by molar-refractivity contribution is -0.113. The fourth-order valence-corrected chi connectivity index (χ4v) is 4.24. The van der Waals surface area contributed by atoms with Gasteiger partial charge in [0.1, 0.15) is 23.3 Å². The van der Waals surface area contributed by atoms with Crippen molar-refractivity contribution in [3.8, 4) is 22.9 Å². The molecule has 2 N–H and O–H groups in total. The van der Waals surface area contributed by atoms with E-state index in [2.05, 4.69) is 16.9 Å². The molecule has 0 saturated carbocycles. The molecule has 2 aromatic heterocycles. The molecule has 0 bridgehead atoms. The molecule has 3 aromatic carbocycles. The maximum Gasteiger partial charge on any atom is 0.339 e. The molecule has 5 rings (SSSR count). The van der Waals surface area contributed by atoms with Crippen LogP contribution in [0.3, 0.4) is 0 Å². The highest BCUT2D eigenvalue weighted by Crippen LogP contribution is 2.27. The van der Waals surface area contributed by atoms with Gasteiger partial charge in [0.05, 0.1) is 11.4 Å². The molecule has 0 fully saturated rings. The number of nitrogen functional groups attached to an aromatic ring is 1. The van der Waals surface area contributed by atoms with E-state index in [0.717, 1.165) is 12.8 Å². The summed E-state index contributed by atoms with van der Waals surface area (Å²) < 4.78 is 8.84. The lowest BCUT2D eigenvalue weighted by Crippen LogP contribution is -2.25. The lowest BCUT2D eigenvalue weighted by atomic mass is 10.2. The summed E-state index contributed by atoms with van der Waals surface area (Å²) in [7, 11) is 1.70. The highest BCUT2D eigenvalue weighted by Gasteiger charge is 2.21. The summed E-state index contributed by atoms with van der Waals surface area (Å²) in [5.41, 5.74) is 8.38. The number of hydrogen-bond donors (Lipinski definition) is 1. The average molecular weight is 521 g/mol. The Hall–Kier alpha value is -5.18. The summed E-state index contributed by atoms with van der Waals surface area (Å²) in [6.45, 7) is 2.05. The summed E-state index contributed by atoms with van der Waals surface area (Å²) in [6, 6.07) is 23.7. The Balaban J connectivity index is 1.56. The van der Waals surface area contributed by atoms with Crippen LogP contribution in [-0.4, -0.2) is 32.1 Å². The molecule has 0 saturated heterocycles. The van der Waals surface area contributed by atoms with Crippen molar-refractivity contribution in [1.82, 2.24) is 19.1 Å². The number of imidazole rings is 1. The Morgan fingerprint density at radius 1 is 0.949 bits per heavy atom. The first-order valence-electron chi connectivity index (χ1n) is 12.6. The lowest BCUT2D eigenvalue weighted by Gasteiger charge is -2.16. The van der Waals surface area contributed by atoms with Crippen molar-refractivity contribution in [1.29, 1.82) is 0 Å². The molecular formula is C30H28N6O3. The smallest absolute Gasteiger partial charge is 0.339 e. The van der Waals surface area contributed by atoms with Crippen molar-refractivity contribution in [2.45, 2.75) is 19.8 Å². The van der Waals surface area contributed by atoms with Gasteiger partial charge in [-0.1, -0.05) is 43.7 Å². The van der Waals surface area contributed by atoms with Gasteiger partial charge in [0.15, 0.2) is 11.5 Å². The second kappa shape index (κ2) is 11.1. The number of hydrogen-bond acceptors (Lipinski definition) is 6. The predicted molar refractivity (Wildman–Crippen MR) is 153 cm³/mol. The van der Waals surface area contributed by atoms with Crippen LogP contribution in [0.5, 0.6) is 11.5 Å². The molecule has 1 amide bonds. The third-order valence-corrected chi connectivity index (χ3v) is 6.24. The number of unbranched alkanes of at least 4 members (excludes halogenated alkanes) is 1. The summed E-state index contributed by atoms with van der Waals surface area (Å²) in [5.74, 6) is 1.35. The van der Waals surface area contributed by atoms with Gasteiger partial charge >= 0.3 is 5.69 Å². The molecule has 0 spiro atoms. The van der Waals surface area contributed by atoms with Crippen molar-refractivity contribution in [2.75, 3.05) is 17.7 Å². The molecule has 2 heterocycles. The van der Waals surface area contributed by atoms with Gasteiger partial charge in [-0.25, -0.2) is 19.3 Å². The fraction of sp³-hybridized carbons (Fsp3) is 0.133. The Morgan fingerprint density at radius 3 is 2.44 bits per heavy atom. The monoisotopic (exact) mass is 520 g/mol. The number of allylic oxidation sites excluding steroid dienone is 1. The average Bonchev–Trinajstić information content (AvgIpc) is 3.26. The molecule has 5 aromatic rings. The summed E-state index contributed by atoms with van der Waals surface area (Å²) >= 11 is 0. The number of rotatable bonds is 8. The molecule has 9 nitrogen and oxygen atoms in total. The van der Waals surface area contributed by atoms with Crippen molar-refractivity contribution >= 4 is 28.6 Å². The third kappa shape index (κ3) is 5.15. The van der Waals surface area contributed by atoms with Gasteiger partial charge in [0, 0.05) is 12.7 Å². The third-order valence-electron chi connectivity index (χ3n) is 6.24. The van der Waals surface area contributed by atoms with E-state index in [1.165, 1.54) is 20.4 Å². The Morgan fingerprint density at radius 2 is 1.69 bits per heavy atom. The first-order chi connectivity index (χ1) is 19.0. The van der Waals surface area contributed by atoms with Crippen LogP contribution in [0.2, 0.25) is 0 Å². The van der Waals surface area contributed by atoms with Crippen LogP contribution in [-0.2, 0) is 4.79 Å². The van der Waals surface area contributed by atoms with E-state index in [-0.39, 0.29) is 17.4 Å². The van der Waals surface area contributed by atoms with Crippen LogP contribution in [0.15, 0.2) is 102 Å². The molecule has 0 aliphatic rings. The number of fused-ring (bicyclic) bond motifs is 1. The Bertz CT molecular complexity index is 1710. The number of anilines is 2. The number of nitrogens with two attached hydrogens (primary N) is 1. The van der Waals surface area contributed by atoms with E-state index in [0.29, 0.717) is 39.7 Å². The van der Waals surface area contributed by atoms with Crippen molar-refractivity contribution in [3.63, 3.8) is 0 Å². The minimum absolute atomic E-state index is 0.153. The number of likely N-dealkylation sites (N-methyl/N-ethyl adjacent to an activating group) is 1. The Kier molecular flexibility index (Phi) is 7.22. The van der Waals surface area contributed by atoms with Crippen molar-refractivity contribution in [2.24, 2.45) is 0 Å². The molecule has 196 valence electrons. The van der Waals surface area contributed by atoms with Crippen LogP contribution in [0.4, 0.5) is 11.5 Å². The van der Waals surface area contributed by atoms with Gasteiger partial charge in [-0.05, 0) is 67.1 Å². The fourth-order valence-electron chi connectivity index (χ4n) is 4.24. The maximum absolute atomic E-state index is 13.9. The van der Waals surface area contributed by atoms with Crippen LogP contribution in [0.1, 0.15) is 19.8 Å². The number of amides is 1. The molecule has 0 atom stereocenters. The maximum atomic E-state index is 13.9. The highest BCUT2D eigenvalue weighted by molar-refractivity contribution is 6.01. The SMILES string of the molecule is CCC/C=C/C(=O)N(C)c1cccc(-n2c(=O)n(-c3ccc(Oc4ccccc4)cc3)c3c(N)ncnc32)c1. The van der Waals surface area contributed by atoms with E-state index in [9.17, 15) is 9.59 Å². The van der Waals surface area contributed by atoms with Gasteiger partial charge in [0.25, 0.3) is 0 Å². The Labute approximate surface area is 225 Å². The van der Waals surface area contributed by atoms with E-state index in [4.69, 9.17) is 10.5 Å². The van der Waals surface area contributed by atoms with E-state index < -0.39 is 0 Å². The van der Waals surface area contributed by atoms with Crippen LogP contribution in [0, 0.1) is 0 Å². The number of ether oxygens (including phenoxy) is 1. The summed E-state index contributed by atoms with van der Waals surface area (Å²) in [6.07, 6.45) is 6.54. The second-order valence-corrected chi connectivity index (χ2v) is 8.90. The second-order valence-electron chi connectivity index (χ2n) is 8.90. The highest BCUT2D eigenvalue weighted by atomic mass is 16.5. The molecular weight excluding hydrogens is 492 g/mol. The van der Waals surface area contributed by atoms with Crippen LogP contribution < -0.4 is 21.1 Å². The molecule has 0 unspecified atom stereocenters. The number of para-hydroxylation sites is 1. The van der Waals surface area contributed by atoms with Gasteiger partial charge in [-0.3, -0.25) is 9.36 Å². The molecule has 9 heteroatoms. The zero-order chi connectivity index (χ0) is 27.4. The normalized spacial score (nSPS) is 11.2. The standard InChI is InChI=1S/C30H28N6O3/c1-3-4-6-14-26(37)34(2)22-10-9-11-23(19-22)36-29-27(28(31)32-20-33-29)35(30(36)38)21-15-17-25(18-16-21)39-24-12-7-5-8-13-24/h5-20H,3-4H2,1-2H3,(H2,31,32,33)/b14-6+. The summed E-state index contributed by atoms with van der Waals surface area (Å²) in [4.78, 5) is 36.6.